The molecule has 1 aliphatic heterocycles. The van der Waals surface area contributed by atoms with Crippen LogP contribution in [0.15, 0.2) is 60.0 Å². The normalized spacial score (nSPS) is 17.1. The van der Waals surface area contributed by atoms with E-state index in [1.54, 1.807) is 43.6 Å². The minimum Gasteiger partial charge on any atom is -0.497 e. The summed E-state index contributed by atoms with van der Waals surface area (Å²) in [4.78, 5) is 29.9. The summed E-state index contributed by atoms with van der Waals surface area (Å²) in [5, 5.41) is 5.09. The van der Waals surface area contributed by atoms with Gasteiger partial charge in [-0.05, 0) is 41.1 Å². The maximum absolute atomic E-state index is 13.7. The molecule has 0 radical (unpaired) electrons. The van der Waals surface area contributed by atoms with Crippen LogP contribution in [0.4, 0.5) is 0 Å². The molecular formula is C27H30N2O5S. The highest BCUT2D eigenvalue weighted by atomic mass is 32.1. The SMILES string of the molecule is COCCN1C(=O)c2ccccc2[C@@H](C(=O)NCCc2ccc(OC)cc2OC)[C@@H]1c1cccs1. The monoisotopic (exact) mass is 494 g/mol. The van der Waals surface area contributed by atoms with Gasteiger partial charge in [0.2, 0.25) is 5.91 Å². The van der Waals surface area contributed by atoms with Crippen molar-refractivity contribution in [3.05, 3.63) is 81.5 Å². The summed E-state index contributed by atoms with van der Waals surface area (Å²) in [5.74, 6) is 0.709. The number of amides is 2. The number of methoxy groups -OCH3 is 3. The molecule has 0 bridgehead atoms. The number of fused-ring (bicyclic) bond motifs is 1. The van der Waals surface area contributed by atoms with Crippen LogP contribution in [-0.4, -0.2) is 57.7 Å². The first-order chi connectivity index (χ1) is 17.1. The number of nitrogens with zero attached hydrogens (tertiary/aromatic N) is 1. The van der Waals surface area contributed by atoms with Gasteiger partial charge in [-0.25, -0.2) is 0 Å². The van der Waals surface area contributed by atoms with Crippen molar-refractivity contribution in [1.82, 2.24) is 10.2 Å². The number of benzene rings is 2. The molecule has 0 saturated heterocycles. The van der Waals surface area contributed by atoms with E-state index in [2.05, 4.69) is 5.32 Å². The molecule has 1 N–H and O–H groups in total. The summed E-state index contributed by atoms with van der Waals surface area (Å²) in [5.41, 5.74) is 2.29. The van der Waals surface area contributed by atoms with E-state index in [4.69, 9.17) is 14.2 Å². The number of nitrogens with one attached hydrogen (secondary N) is 1. The van der Waals surface area contributed by atoms with Gasteiger partial charge < -0.3 is 24.4 Å². The van der Waals surface area contributed by atoms with Crippen LogP contribution in [-0.2, 0) is 16.0 Å². The molecule has 2 heterocycles. The van der Waals surface area contributed by atoms with E-state index in [1.165, 1.54) is 0 Å². The Hall–Kier alpha value is -3.36. The zero-order valence-corrected chi connectivity index (χ0v) is 21.0. The van der Waals surface area contributed by atoms with Crippen molar-refractivity contribution in [2.45, 2.75) is 18.4 Å². The maximum atomic E-state index is 13.7. The minimum absolute atomic E-state index is 0.0805. The van der Waals surface area contributed by atoms with Crippen molar-refractivity contribution in [1.29, 1.82) is 0 Å². The molecule has 2 aromatic carbocycles. The summed E-state index contributed by atoms with van der Waals surface area (Å²) in [6, 6.07) is 16.6. The van der Waals surface area contributed by atoms with Crippen LogP contribution in [0.1, 0.15) is 38.3 Å². The summed E-state index contributed by atoms with van der Waals surface area (Å²) in [7, 11) is 4.84. The van der Waals surface area contributed by atoms with E-state index >= 15 is 0 Å². The van der Waals surface area contributed by atoms with Crippen LogP contribution in [0.2, 0.25) is 0 Å². The zero-order valence-electron chi connectivity index (χ0n) is 20.2. The van der Waals surface area contributed by atoms with Gasteiger partial charge in [0, 0.05) is 36.7 Å². The van der Waals surface area contributed by atoms with Crippen molar-refractivity contribution in [2.75, 3.05) is 41.0 Å². The molecule has 4 rings (SSSR count). The van der Waals surface area contributed by atoms with Gasteiger partial charge in [-0.15, -0.1) is 11.3 Å². The molecule has 2 amide bonds. The molecule has 7 nitrogen and oxygen atoms in total. The van der Waals surface area contributed by atoms with Gasteiger partial charge in [0.05, 0.1) is 32.8 Å². The second-order valence-electron chi connectivity index (χ2n) is 8.24. The molecule has 0 fully saturated rings. The van der Waals surface area contributed by atoms with Crippen molar-refractivity contribution >= 4 is 23.2 Å². The number of carbonyl (C=O) groups excluding carboxylic acids is 2. The van der Waals surface area contributed by atoms with Crippen LogP contribution in [0, 0.1) is 0 Å². The largest absolute Gasteiger partial charge is 0.497 e. The molecule has 35 heavy (non-hydrogen) atoms. The molecule has 0 spiro atoms. The lowest BCUT2D eigenvalue weighted by molar-refractivity contribution is -0.124. The Labute approximate surface area is 209 Å². The first kappa shape index (κ1) is 24.8. The second-order valence-corrected chi connectivity index (χ2v) is 9.21. The molecule has 0 unspecified atom stereocenters. The number of rotatable bonds is 10. The Bertz CT molecular complexity index is 1160. The fourth-order valence-corrected chi connectivity index (χ4v) is 5.45. The van der Waals surface area contributed by atoms with E-state index < -0.39 is 12.0 Å². The van der Waals surface area contributed by atoms with Crippen molar-refractivity contribution in [3.63, 3.8) is 0 Å². The average molecular weight is 495 g/mol. The van der Waals surface area contributed by atoms with Gasteiger partial charge in [-0.3, -0.25) is 9.59 Å². The zero-order chi connectivity index (χ0) is 24.8. The first-order valence-electron chi connectivity index (χ1n) is 11.5. The van der Waals surface area contributed by atoms with E-state index in [9.17, 15) is 9.59 Å². The predicted molar refractivity (Wildman–Crippen MR) is 135 cm³/mol. The van der Waals surface area contributed by atoms with Gasteiger partial charge in [-0.2, -0.15) is 0 Å². The van der Waals surface area contributed by atoms with Crippen LogP contribution in [0.5, 0.6) is 11.5 Å². The van der Waals surface area contributed by atoms with Crippen LogP contribution >= 0.6 is 11.3 Å². The van der Waals surface area contributed by atoms with Crippen LogP contribution < -0.4 is 14.8 Å². The third-order valence-corrected chi connectivity index (χ3v) is 7.22. The highest BCUT2D eigenvalue weighted by Gasteiger charge is 2.44. The summed E-state index contributed by atoms with van der Waals surface area (Å²) in [6.45, 7) is 1.23. The quantitative estimate of drug-likeness (QED) is 0.460. The molecule has 1 aromatic heterocycles. The van der Waals surface area contributed by atoms with Crippen LogP contribution in [0.3, 0.4) is 0 Å². The lowest BCUT2D eigenvalue weighted by Crippen LogP contribution is -2.48. The fourth-order valence-electron chi connectivity index (χ4n) is 4.58. The minimum atomic E-state index is -0.530. The molecule has 184 valence electrons. The lowest BCUT2D eigenvalue weighted by atomic mass is 9.81. The van der Waals surface area contributed by atoms with E-state index in [0.717, 1.165) is 21.8 Å². The van der Waals surface area contributed by atoms with Crippen LogP contribution in [0.25, 0.3) is 0 Å². The number of hydrogen-bond acceptors (Lipinski definition) is 6. The number of carbonyl (C=O) groups is 2. The number of hydrogen-bond donors (Lipinski definition) is 1. The second kappa shape index (κ2) is 11.4. The highest BCUT2D eigenvalue weighted by Crippen LogP contribution is 2.44. The number of ether oxygens (including phenoxy) is 3. The van der Waals surface area contributed by atoms with Gasteiger partial charge in [0.15, 0.2) is 0 Å². The Morgan fingerprint density at radius 3 is 2.60 bits per heavy atom. The maximum Gasteiger partial charge on any atom is 0.254 e. The lowest BCUT2D eigenvalue weighted by Gasteiger charge is -2.41. The molecule has 2 atom stereocenters. The van der Waals surface area contributed by atoms with Crippen molar-refractivity contribution in [2.24, 2.45) is 0 Å². The topological polar surface area (TPSA) is 77.1 Å². The Balaban J connectivity index is 1.61. The smallest absolute Gasteiger partial charge is 0.254 e. The van der Waals surface area contributed by atoms with E-state index in [-0.39, 0.29) is 11.8 Å². The van der Waals surface area contributed by atoms with Crippen molar-refractivity contribution in [3.8, 4) is 11.5 Å². The highest BCUT2D eigenvalue weighted by molar-refractivity contribution is 7.10. The summed E-state index contributed by atoms with van der Waals surface area (Å²) >= 11 is 1.55. The Morgan fingerprint density at radius 2 is 1.89 bits per heavy atom. The summed E-state index contributed by atoms with van der Waals surface area (Å²) < 4.78 is 16.0. The fraction of sp³-hybridized carbons (Fsp3) is 0.333. The standard InChI is InChI=1S/C27H30N2O5S/c1-32-15-14-29-25(23-9-6-16-35-23)24(20-7-4-5-8-21(20)27(29)31)26(30)28-13-12-18-10-11-19(33-2)17-22(18)34-3/h4-11,16-17,24-25H,12-15H2,1-3H3,(H,28,30)/t24-,25+/m1/s1. The van der Waals surface area contributed by atoms with Crippen molar-refractivity contribution < 1.29 is 23.8 Å². The molecule has 0 aliphatic carbocycles. The van der Waals surface area contributed by atoms with Gasteiger partial charge in [-0.1, -0.05) is 30.3 Å². The van der Waals surface area contributed by atoms with Gasteiger partial charge >= 0.3 is 0 Å². The number of thiophene rings is 1. The van der Waals surface area contributed by atoms with E-state index in [0.29, 0.717) is 37.4 Å². The Kier molecular flexibility index (Phi) is 8.05. The molecule has 8 heteroatoms. The molecule has 3 aromatic rings. The third-order valence-electron chi connectivity index (χ3n) is 6.28. The third kappa shape index (κ3) is 5.18. The first-order valence-corrected chi connectivity index (χ1v) is 12.4. The van der Waals surface area contributed by atoms with Gasteiger partial charge in [0.1, 0.15) is 11.5 Å². The molecule has 0 saturated carbocycles. The predicted octanol–water partition coefficient (Wildman–Crippen LogP) is 4.05. The summed E-state index contributed by atoms with van der Waals surface area (Å²) in [6.07, 6.45) is 0.600. The Morgan fingerprint density at radius 1 is 1.06 bits per heavy atom. The van der Waals surface area contributed by atoms with E-state index in [1.807, 2.05) is 53.9 Å². The van der Waals surface area contributed by atoms with Gasteiger partial charge in [0.25, 0.3) is 5.91 Å². The average Bonchev–Trinajstić information content (AvgIpc) is 3.42. The molecule has 1 aliphatic rings. The molecular weight excluding hydrogens is 464 g/mol.